The first-order valence-electron chi connectivity index (χ1n) is 6.69. The van der Waals surface area contributed by atoms with Crippen LogP contribution in [0.4, 0.5) is 4.39 Å². The predicted octanol–water partition coefficient (Wildman–Crippen LogP) is 0.862. The number of carbonyl (C=O) groups is 1. The van der Waals surface area contributed by atoms with E-state index in [-0.39, 0.29) is 17.5 Å². The number of methoxy groups -OCH3 is 1. The fraction of sp³-hybridized carbons (Fsp3) is 0.133. The fourth-order valence-corrected chi connectivity index (χ4v) is 2.28. The number of aromatic nitrogens is 3. The molecule has 0 amide bonds. The number of ether oxygens (including phenoxy) is 1. The number of H-pyrrole nitrogens is 2. The number of nitrogens with zero attached hydrogens (tertiary/aromatic N) is 1. The Bertz CT molecular complexity index is 998. The van der Waals surface area contributed by atoms with Gasteiger partial charge in [0.1, 0.15) is 16.9 Å². The van der Waals surface area contributed by atoms with Crippen LogP contribution in [-0.2, 0) is 16.0 Å². The van der Waals surface area contributed by atoms with Gasteiger partial charge in [-0.2, -0.15) is 0 Å². The van der Waals surface area contributed by atoms with E-state index in [2.05, 4.69) is 14.8 Å². The van der Waals surface area contributed by atoms with Crippen molar-refractivity contribution in [2.45, 2.75) is 6.42 Å². The summed E-state index contributed by atoms with van der Waals surface area (Å²) in [6.07, 6.45) is -0.120. The molecule has 0 aliphatic carbocycles. The first kappa shape index (κ1) is 14.8. The van der Waals surface area contributed by atoms with Crippen LogP contribution in [0.1, 0.15) is 5.69 Å². The van der Waals surface area contributed by atoms with Crippen molar-refractivity contribution in [2.75, 3.05) is 7.11 Å². The standard InChI is InChI=1S/C15H12FN3O4/c1-23-12(21)7-9-6-11(20)13-14(17-9)18-19(15(13)22)10-4-2-8(16)3-5-10/h2-6H,7H2,1H3,(H2,17,18,20). The Balaban J connectivity index is 2.16. The summed E-state index contributed by atoms with van der Waals surface area (Å²) in [6, 6.07) is 6.41. The highest BCUT2D eigenvalue weighted by molar-refractivity contribution is 5.76. The van der Waals surface area contributed by atoms with Gasteiger partial charge in [0.25, 0.3) is 5.56 Å². The van der Waals surface area contributed by atoms with Crippen molar-refractivity contribution in [2.24, 2.45) is 0 Å². The summed E-state index contributed by atoms with van der Waals surface area (Å²) in [5, 5.41) is 2.68. The fourth-order valence-electron chi connectivity index (χ4n) is 2.28. The molecule has 0 saturated carbocycles. The van der Waals surface area contributed by atoms with E-state index in [4.69, 9.17) is 0 Å². The lowest BCUT2D eigenvalue weighted by Crippen LogP contribution is -2.18. The summed E-state index contributed by atoms with van der Waals surface area (Å²) >= 11 is 0. The van der Waals surface area contributed by atoms with E-state index >= 15 is 0 Å². The average molecular weight is 317 g/mol. The molecule has 8 heteroatoms. The van der Waals surface area contributed by atoms with E-state index in [0.717, 1.165) is 4.68 Å². The molecule has 0 radical (unpaired) electrons. The molecule has 2 heterocycles. The third-order valence-electron chi connectivity index (χ3n) is 3.38. The molecule has 0 saturated heterocycles. The molecular formula is C15H12FN3O4. The van der Waals surface area contributed by atoms with Crippen LogP contribution in [-0.4, -0.2) is 27.8 Å². The smallest absolute Gasteiger partial charge is 0.311 e. The number of aromatic amines is 2. The Morgan fingerprint density at radius 3 is 2.61 bits per heavy atom. The Kier molecular flexibility index (Phi) is 3.57. The minimum Gasteiger partial charge on any atom is -0.469 e. The molecule has 0 spiro atoms. The van der Waals surface area contributed by atoms with E-state index in [9.17, 15) is 18.8 Å². The van der Waals surface area contributed by atoms with E-state index in [1.807, 2.05) is 0 Å². The lowest BCUT2D eigenvalue weighted by molar-refractivity contribution is -0.139. The molecule has 0 fully saturated rings. The van der Waals surface area contributed by atoms with Gasteiger partial charge in [-0.1, -0.05) is 0 Å². The van der Waals surface area contributed by atoms with E-state index in [0.29, 0.717) is 11.4 Å². The highest BCUT2D eigenvalue weighted by atomic mass is 19.1. The van der Waals surface area contributed by atoms with Crippen LogP contribution < -0.4 is 11.0 Å². The molecule has 2 aromatic heterocycles. The number of hydrogen-bond donors (Lipinski definition) is 2. The van der Waals surface area contributed by atoms with Crippen molar-refractivity contribution in [3.63, 3.8) is 0 Å². The minimum atomic E-state index is -0.558. The highest BCUT2D eigenvalue weighted by Gasteiger charge is 2.14. The van der Waals surface area contributed by atoms with Crippen molar-refractivity contribution in [3.05, 3.63) is 62.4 Å². The van der Waals surface area contributed by atoms with Gasteiger partial charge in [0.2, 0.25) is 0 Å². The normalized spacial score (nSPS) is 10.9. The van der Waals surface area contributed by atoms with Gasteiger partial charge in [0, 0.05) is 11.8 Å². The maximum atomic E-state index is 13.0. The number of nitrogens with one attached hydrogen (secondary N) is 2. The molecule has 118 valence electrons. The number of fused-ring (bicyclic) bond motifs is 1. The zero-order valence-electron chi connectivity index (χ0n) is 12.1. The number of esters is 1. The molecule has 1 aromatic carbocycles. The lowest BCUT2D eigenvalue weighted by atomic mass is 10.2. The average Bonchev–Trinajstić information content (AvgIpc) is 2.85. The Morgan fingerprint density at radius 1 is 1.26 bits per heavy atom. The minimum absolute atomic E-state index is 0.0667. The van der Waals surface area contributed by atoms with Gasteiger partial charge < -0.3 is 9.72 Å². The van der Waals surface area contributed by atoms with Crippen LogP contribution in [0.2, 0.25) is 0 Å². The molecule has 3 aromatic rings. The number of hydrogen-bond acceptors (Lipinski definition) is 4. The topological polar surface area (TPSA) is 96.9 Å². The van der Waals surface area contributed by atoms with Crippen molar-refractivity contribution in [1.82, 2.24) is 14.8 Å². The number of halogens is 1. The zero-order chi connectivity index (χ0) is 16.6. The number of carbonyl (C=O) groups excluding carboxylic acids is 1. The molecule has 23 heavy (non-hydrogen) atoms. The maximum Gasteiger partial charge on any atom is 0.311 e. The van der Waals surface area contributed by atoms with Crippen LogP contribution >= 0.6 is 0 Å². The third kappa shape index (κ3) is 2.66. The first-order valence-corrected chi connectivity index (χ1v) is 6.69. The van der Waals surface area contributed by atoms with Crippen LogP contribution in [0.25, 0.3) is 16.7 Å². The number of pyridine rings is 1. The number of rotatable bonds is 3. The second-order valence-electron chi connectivity index (χ2n) is 4.89. The molecule has 2 N–H and O–H groups in total. The molecule has 0 unspecified atom stereocenters. The summed E-state index contributed by atoms with van der Waals surface area (Å²) in [7, 11) is 1.24. The Morgan fingerprint density at radius 2 is 1.96 bits per heavy atom. The van der Waals surface area contributed by atoms with Crippen molar-refractivity contribution in [1.29, 1.82) is 0 Å². The van der Waals surface area contributed by atoms with E-state index in [1.54, 1.807) is 0 Å². The molecule has 0 aliphatic rings. The van der Waals surface area contributed by atoms with Crippen molar-refractivity contribution >= 4 is 17.0 Å². The van der Waals surface area contributed by atoms with Gasteiger partial charge >= 0.3 is 5.97 Å². The van der Waals surface area contributed by atoms with Crippen molar-refractivity contribution in [3.8, 4) is 5.69 Å². The monoisotopic (exact) mass is 317 g/mol. The lowest BCUT2D eigenvalue weighted by Gasteiger charge is -2.01. The molecule has 7 nitrogen and oxygen atoms in total. The quantitative estimate of drug-likeness (QED) is 0.700. The third-order valence-corrected chi connectivity index (χ3v) is 3.38. The van der Waals surface area contributed by atoms with E-state index in [1.165, 1.54) is 37.4 Å². The van der Waals surface area contributed by atoms with Gasteiger partial charge in [0.15, 0.2) is 5.43 Å². The summed E-state index contributed by atoms with van der Waals surface area (Å²) in [5.41, 5.74) is -0.181. The van der Waals surface area contributed by atoms with Crippen LogP contribution in [0, 0.1) is 5.82 Å². The van der Waals surface area contributed by atoms with Gasteiger partial charge in [-0.15, -0.1) is 0 Å². The van der Waals surface area contributed by atoms with Crippen molar-refractivity contribution < 1.29 is 13.9 Å². The molecule has 0 bridgehead atoms. The molecule has 3 rings (SSSR count). The highest BCUT2D eigenvalue weighted by Crippen LogP contribution is 2.09. The zero-order valence-corrected chi connectivity index (χ0v) is 12.1. The molecule has 0 atom stereocenters. The summed E-state index contributed by atoms with van der Waals surface area (Å²) in [4.78, 5) is 38.6. The predicted molar refractivity (Wildman–Crippen MR) is 80.2 cm³/mol. The summed E-state index contributed by atoms with van der Waals surface area (Å²) in [5.74, 6) is -0.949. The second kappa shape index (κ2) is 5.56. The van der Waals surface area contributed by atoms with Gasteiger partial charge in [-0.25, -0.2) is 9.07 Å². The van der Waals surface area contributed by atoms with Gasteiger partial charge in [-0.3, -0.25) is 19.5 Å². The van der Waals surface area contributed by atoms with Crippen LogP contribution in [0.5, 0.6) is 0 Å². The Labute approximate surface area is 128 Å². The number of benzene rings is 1. The summed E-state index contributed by atoms with van der Waals surface area (Å²) < 4.78 is 18.7. The van der Waals surface area contributed by atoms with Crippen LogP contribution in [0.3, 0.4) is 0 Å². The SMILES string of the molecule is COC(=O)Cc1cc(=O)c2c(=O)n(-c3ccc(F)cc3)[nH]c2[nH]1. The molecule has 0 aliphatic heterocycles. The maximum absolute atomic E-state index is 13.0. The largest absolute Gasteiger partial charge is 0.469 e. The summed E-state index contributed by atoms with van der Waals surface area (Å²) in [6.45, 7) is 0. The van der Waals surface area contributed by atoms with Gasteiger partial charge in [-0.05, 0) is 24.3 Å². The van der Waals surface area contributed by atoms with Crippen LogP contribution in [0.15, 0.2) is 39.9 Å². The van der Waals surface area contributed by atoms with E-state index < -0.39 is 22.8 Å². The second-order valence-corrected chi connectivity index (χ2v) is 4.89. The molecular weight excluding hydrogens is 305 g/mol. The van der Waals surface area contributed by atoms with Gasteiger partial charge in [0.05, 0.1) is 19.2 Å². The Hall–Kier alpha value is -3.16. The first-order chi connectivity index (χ1) is 11.0.